The number of rotatable bonds is 4. The van der Waals surface area contributed by atoms with Gasteiger partial charge in [0.15, 0.2) is 11.9 Å². The lowest BCUT2D eigenvalue weighted by atomic mass is 10.1. The Hall–Kier alpha value is -3.13. The minimum Gasteiger partial charge on any atom is -0.368 e. The van der Waals surface area contributed by atoms with Crippen LogP contribution < -0.4 is 5.32 Å². The number of carbonyl (C=O) groups excluding carboxylic acids is 1. The third kappa shape index (κ3) is 4.66. The van der Waals surface area contributed by atoms with E-state index in [9.17, 15) is 22.4 Å². The summed E-state index contributed by atoms with van der Waals surface area (Å²) in [6.45, 7) is -0.274. The zero-order valence-corrected chi connectivity index (χ0v) is 18.3. The van der Waals surface area contributed by atoms with E-state index in [1.165, 1.54) is 29.5 Å². The number of hydrogen-bond donors (Lipinski definition) is 2. The number of thiazole rings is 1. The van der Waals surface area contributed by atoms with E-state index in [1.807, 2.05) is 0 Å². The summed E-state index contributed by atoms with van der Waals surface area (Å²) in [5.74, 6) is -0.645. The van der Waals surface area contributed by atoms with E-state index >= 15 is 0 Å². The summed E-state index contributed by atoms with van der Waals surface area (Å²) >= 11 is 0.890. The number of halogens is 4. The van der Waals surface area contributed by atoms with Crippen LogP contribution >= 0.6 is 11.3 Å². The molecule has 3 aromatic heterocycles. The van der Waals surface area contributed by atoms with Crippen molar-refractivity contribution in [1.29, 1.82) is 5.41 Å². The molecule has 0 aromatic carbocycles. The van der Waals surface area contributed by atoms with Crippen LogP contribution in [0.15, 0.2) is 17.8 Å². The Balaban J connectivity index is 1.56. The number of aryl methyl sites for hydroxylation is 2. The first kappa shape index (κ1) is 23.0. The lowest BCUT2D eigenvalue weighted by Crippen LogP contribution is -2.18. The highest BCUT2D eigenvalue weighted by Gasteiger charge is 2.38. The van der Waals surface area contributed by atoms with Gasteiger partial charge in [0.2, 0.25) is 0 Å². The molecule has 1 fully saturated rings. The van der Waals surface area contributed by atoms with Crippen molar-refractivity contribution in [3.8, 4) is 10.6 Å². The fourth-order valence-electron chi connectivity index (χ4n) is 3.51. The van der Waals surface area contributed by atoms with E-state index in [4.69, 9.17) is 10.1 Å². The van der Waals surface area contributed by atoms with Crippen molar-refractivity contribution in [3.63, 3.8) is 0 Å². The number of alkyl halides is 4. The van der Waals surface area contributed by atoms with Gasteiger partial charge >= 0.3 is 6.18 Å². The van der Waals surface area contributed by atoms with Crippen LogP contribution in [0, 0.1) is 5.41 Å². The van der Waals surface area contributed by atoms with Crippen LogP contribution in [0.5, 0.6) is 0 Å². The predicted octanol–water partition coefficient (Wildman–Crippen LogP) is 3.76. The Morgan fingerprint density at radius 1 is 1.36 bits per heavy atom. The van der Waals surface area contributed by atoms with Crippen LogP contribution in [0.1, 0.15) is 40.8 Å². The van der Waals surface area contributed by atoms with Gasteiger partial charge in [0.05, 0.1) is 29.7 Å². The molecule has 33 heavy (non-hydrogen) atoms. The summed E-state index contributed by atoms with van der Waals surface area (Å²) in [5, 5.41) is 19.3. The van der Waals surface area contributed by atoms with Crippen LogP contribution in [0.25, 0.3) is 10.6 Å². The summed E-state index contributed by atoms with van der Waals surface area (Å²) in [6.07, 6.45) is -3.61. The van der Waals surface area contributed by atoms with Gasteiger partial charge in [-0.15, -0.1) is 11.3 Å². The van der Waals surface area contributed by atoms with E-state index in [0.717, 1.165) is 16.0 Å². The second-order valence-corrected chi connectivity index (χ2v) is 8.33. The van der Waals surface area contributed by atoms with Crippen LogP contribution in [0.2, 0.25) is 0 Å². The Kier molecular flexibility index (Phi) is 6.05. The normalized spacial score (nSPS) is 19.5. The third-order valence-electron chi connectivity index (χ3n) is 5.10. The van der Waals surface area contributed by atoms with Crippen molar-refractivity contribution in [1.82, 2.24) is 24.5 Å². The molecule has 0 bridgehead atoms. The maximum Gasteiger partial charge on any atom is 0.435 e. The largest absolute Gasteiger partial charge is 0.435 e. The van der Waals surface area contributed by atoms with Crippen LogP contribution in [-0.4, -0.2) is 48.9 Å². The van der Waals surface area contributed by atoms with Gasteiger partial charge in [-0.05, 0) is 12.8 Å². The molecule has 0 spiro atoms. The molecule has 0 saturated carbocycles. The van der Waals surface area contributed by atoms with Crippen LogP contribution in [0.3, 0.4) is 0 Å². The molecule has 0 unspecified atom stereocenters. The second-order valence-electron chi connectivity index (χ2n) is 7.48. The fraction of sp³-hybridized carbons (Fsp3) is 0.421. The standard InChI is InChI=1S/C19H19F4N7O2S/c1-29-6-9(16(28-29)19(21,22)23)18-27-13(8-33-18)17(31)26-12-5-25-30(2)15(12)14-4-3-11(24)10(20)7-32-14/h5-6,8,10,14,24H,3-4,7H2,1-2H3,(H,26,31)/t10-,14-/m0/s1. The molecule has 0 radical (unpaired) electrons. The SMILES string of the molecule is Cn1cc(-c2nc(C(=O)Nc3cnn(C)c3[C@@H]3CCC(=N)[C@@H](F)CO3)cs2)c(C(F)(F)F)n1. The van der Waals surface area contributed by atoms with Crippen molar-refractivity contribution < 1.29 is 27.1 Å². The topological polar surface area (TPSA) is 111 Å². The molecule has 0 aliphatic carbocycles. The number of amides is 1. The van der Waals surface area contributed by atoms with Gasteiger partial charge < -0.3 is 15.5 Å². The molecule has 4 heterocycles. The molecule has 176 valence electrons. The number of ether oxygens (including phenoxy) is 1. The maximum atomic E-state index is 13.8. The number of carbonyl (C=O) groups is 1. The number of nitrogens with one attached hydrogen (secondary N) is 2. The molecule has 1 amide bonds. The van der Waals surface area contributed by atoms with Gasteiger partial charge in [-0.2, -0.15) is 23.4 Å². The first-order valence-electron chi connectivity index (χ1n) is 9.77. The third-order valence-corrected chi connectivity index (χ3v) is 5.98. The second kappa shape index (κ2) is 8.67. The van der Waals surface area contributed by atoms with Gasteiger partial charge in [0.25, 0.3) is 5.91 Å². The molecular weight excluding hydrogens is 466 g/mol. The molecule has 14 heteroatoms. The first-order valence-corrected chi connectivity index (χ1v) is 10.7. The Morgan fingerprint density at radius 3 is 2.85 bits per heavy atom. The lowest BCUT2D eigenvalue weighted by molar-refractivity contribution is -0.140. The van der Waals surface area contributed by atoms with E-state index < -0.39 is 30.1 Å². The van der Waals surface area contributed by atoms with Crippen molar-refractivity contribution in [2.75, 3.05) is 11.9 Å². The molecule has 2 N–H and O–H groups in total. The van der Waals surface area contributed by atoms with Crippen LogP contribution in [0.4, 0.5) is 23.2 Å². The van der Waals surface area contributed by atoms with Gasteiger partial charge in [0, 0.05) is 31.4 Å². The maximum absolute atomic E-state index is 13.8. The minimum absolute atomic E-state index is 0.00610. The molecule has 1 aliphatic rings. The average molecular weight is 485 g/mol. The monoisotopic (exact) mass is 485 g/mol. The number of anilines is 1. The van der Waals surface area contributed by atoms with Gasteiger partial charge in [0.1, 0.15) is 16.8 Å². The Bertz CT molecular complexity index is 1200. The number of hydrogen-bond acceptors (Lipinski definition) is 7. The smallest absolute Gasteiger partial charge is 0.368 e. The van der Waals surface area contributed by atoms with Gasteiger partial charge in [-0.1, -0.05) is 0 Å². The number of nitrogens with zero attached hydrogens (tertiary/aromatic N) is 5. The summed E-state index contributed by atoms with van der Waals surface area (Å²) in [4.78, 5) is 16.8. The van der Waals surface area contributed by atoms with Crippen LogP contribution in [-0.2, 0) is 25.0 Å². The zero-order valence-electron chi connectivity index (χ0n) is 17.5. The fourth-order valence-corrected chi connectivity index (χ4v) is 4.32. The molecule has 4 rings (SSSR count). The van der Waals surface area contributed by atoms with Crippen molar-refractivity contribution in [2.45, 2.75) is 31.3 Å². The van der Waals surface area contributed by atoms with Crippen molar-refractivity contribution in [3.05, 3.63) is 34.9 Å². The zero-order chi connectivity index (χ0) is 23.9. The van der Waals surface area contributed by atoms with Gasteiger partial charge in [-0.3, -0.25) is 14.2 Å². The van der Waals surface area contributed by atoms with Crippen molar-refractivity contribution in [2.24, 2.45) is 14.1 Å². The molecule has 3 aromatic rings. The predicted molar refractivity (Wildman–Crippen MR) is 111 cm³/mol. The average Bonchev–Trinajstić information content (AvgIpc) is 3.44. The minimum atomic E-state index is -4.66. The Morgan fingerprint density at radius 2 is 2.12 bits per heavy atom. The van der Waals surface area contributed by atoms with E-state index in [0.29, 0.717) is 17.8 Å². The Labute approximate surface area is 188 Å². The summed E-state index contributed by atoms with van der Waals surface area (Å²) < 4.78 is 61.7. The highest BCUT2D eigenvalue weighted by Crippen LogP contribution is 2.37. The highest BCUT2D eigenvalue weighted by atomic mass is 32.1. The summed E-state index contributed by atoms with van der Waals surface area (Å²) in [6, 6.07) is 0. The lowest BCUT2D eigenvalue weighted by Gasteiger charge is -2.17. The van der Waals surface area contributed by atoms with E-state index in [1.54, 1.807) is 7.05 Å². The molecule has 2 atom stereocenters. The number of aromatic nitrogens is 5. The molecule has 9 nitrogen and oxygen atoms in total. The van der Waals surface area contributed by atoms with Gasteiger partial charge in [-0.25, -0.2) is 9.37 Å². The molecular formula is C19H19F4N7O2S. The highest BCUT2D eigenvalue weighted by molar-refractivity contribution is 7.13. The van der Waals surface area contributed by atoms with E-state index in [2.05, 4.69) is 20.5 Å². The quantitative estimate of drug-likeness (QED) is 0.547. The summed E-state index contributed by atoms with van der Waals surface area (Å²) in [7, 11) is 3.01. The molecule has 1 saturated heterocycles. The summed E-state index contributed by atoms with van der Waals surface area (Å²) in [5.41, 5.74) is -0.618. The molecule has 1 aliphatic heterocycles. The van der Waals surface area contributed by atoms with Crippen molar-refractivity contribution >= 4 is 28.6 Å². The van der Waals surface area contributed by atoms with E-state index in [-0.39, 0.29) is 35.0 Å². The first-order chi connectivity index (χ1) is 15.5.